The highest BCUT2D eigenvalue weighted by molar-refractivity contribution is 6.09. The molecule has 0 unspecified atom stereocenters. The maximum atomic E-state index is 13.2. The third-order valence-corrected chi connectivity index (χ3v) is 2.84. The summed E-state index contributed by atoms with van der Waals surface area (Å²) in [6.07, 6.45) is -4.90. The van der Waals surface area contributed by atoms with E-state index in [1.54, 1.807) is 6.92 Å². The van der Waals surface area contributed by atoms with Crippen molar-refractivity contribution in [2.45, 2.75) is 13.1 Å². The van der Waals surface area contributed by atoms with Crippen LogP contribution in [0.1, 0.15) is 27.0 Å². The van der Waals surface area contributed by atoms with Gasteiger partial charge in [-0.3, -0.25) is 4.79 Å². The number of ketones is 1. The summed E-state index contributed by atoms with van der Waals surface area (Å²) >= 11 is 0. The first kappa shape index (κ1) is 15.2. The zero-order valence-corrected chi connectivity index (χ0v) is 10.8. The lowest BCUT2D eigenvalue weighted by atomic mass is 9.99. The van der Waals surface area contributed by atoms with Gasteiger partial charge in [0.2, 0.25) is 0 Å². The van der Waals surface area contributed by atoms with Gasteiger partial charge in [-0.2, -0.15) is 13.2 Å². The molecular weight excluding hydrogens is 291 g/mol. The van der Waals surface area contributed by atoms with Gasteiger partial charge in [0.15, 0.2) is 5.78 Å². The van der Waals surface area contributed by atoms with Crippen LogP contribution in [0.4, 0.5) is 22.0 Å². The largest absolute Gasteiger partial charge is 0.419 e. The molecule has 0 N–H and O–H groups in total. The minimum atomic E-state index is -4.90. The zero-order chi connectivity index (χ0) is 15.8. The monoisotopic (exact) mass is 300 g/mol. The third kappa shape index (κ3) is 3.26. The Kier molecular flexibility index (Phi) is 3.80. The number of hydrogen-bond donors (Lipinski definition) is 0. The van der Waals surface area contributed by atoms with E-state index in [4.69, 9.17) is 0 Å². The lowest BCUT2D eigenvalue weighted by Crippen LogP contribution is -2.11. The van der Waals surface area contributed by atoms with Gasteiger partial charge in [-0.1, -0.05) is 0 Å². The maximum Gasteiger partial charge on any atom is 0.419 e. The van der Waals surface area contributed by atoms with Gasteiger partial charge in [0.05, 0.1) is 5.56 Å². The Labute approximate surface area is 117 Å². The molecule has 0 saturated carbocycles. The Morgan fingerprint density at radius 1 is 0.952 bits per heavy atom. The summed E-state index contributed by atoms with van der Waals surface area (Å²) in [6.45, 7) is 1.55. The average Bonchev–Trinajstić information content (AvgIpc) is 2.36. The van der Waals surface area contributed by atoms with Crippen molar-refractivity contribution in [3.63, 3.8) is 0 Å². The van der Waals surface area contributed by atoms with Gasteiger partial charge in [-0.05, 0) is 48.9 Å². The Balaban J connectivity index is 2.49. The van der Waals surface area contributed by atoms with E-state index in [0.29, 0.717) is 17.7 Å². The van der Waals surface area contributed by atoms with E-state index in [1.807, 2.05) is 0 Å². The molecule has 2 rings (SSSR count). The van der Waals surface area contributed by atoms with E-state index in [1.165, 1.54) is 12.1 Å². The molecule has 6 heteroatoms. The van der Waals surface area contributed by atoms with Crippen LogP contribution in [0.5, 0.6) is 0 Å². The molecule has 0 aromatic heterocycles. The van der Waals surface area contributed by atoms with E-state index < -0.39 is 29.2 Å². The second-order valence-electron chi connectivity index (χ2n) is 4.54. The van der Waals surface area contributed by atoms with E-state index in [0.717, 1.165) is 12.1 Å². The number of carbonyl (C=O) groups is 1. The van der Waals surface area contributed by atoms with E-state index >= 15 is 0 Å². The molecule has 1 nitrogen and oxygen atoms in total. The van der Waals surface area contributed by atoms with Crippen LogP contribution in [-0.4, -0.2) is 5.78 Å². The van der Waals surface area contributed by atoms with Crippen LogP contribution >= 0.6 is 0 Å². The zero-order valence-electron chi connectivity index (χ0n) is 10.8. The fourth-order valence-corrected chi connectivity index (χ4v) is 1.92. The topological polar surface area (TPSA) is 17.1 Å². The minimum Gasteiger partial charge on any atom is -0.289 e. The predicted molar refractivity (Wildman–Crippen MR) is 66.0 cm³/mol. The van der Waals surface area contributed by atoms with Crippen molar-refractivity contribution in [3.05, 3.63) is 70.3 Å². The van der Waals surface area contributed by atoms with Crippen LogP contribution in [0, 0.1) is 18.6 Å². The summed E-state index contributed by atoms with van der Waals surface area (Å²) in [7, 11) is 0. The first-order chi connectivity index (χ1) is 9.68. The number of rotatable bonds is 2. The third-order valence-electron chi connectivity index (χ3n) is 2.84. The van der Waals surface area contributed by atoms with Crippen LogP contribution in [0.25, 0.3) is 0 Å². The van der Waals surface area contributed by atoms with Gasteiger partial charge in [-0.15, -0.1) is 0 Å². The molecule has 2 aromatic rings. The number of benzene rings is 2. The number of aryl methyl sites for hydroxylation is 1. The van der Waals surface area contributed by atoms with Crippen molar-refractivity contribution in [2.75, 3.05) is 0 Å². The second-order valence-corrected chi connectivity index (χ2v) is 4.54. The van der Waals surface area contributed by atoms with Crippen molar-refractivity contribution in [1.29, 1.82) is 0 Å². The van der Waals surface area contributed by atoms with E-state index in [-0.39, 0.29) is 11.1 Å². The Bertz CT molecular complexity index is 683. The molecule has 2 aromatic carbocycles. The minimum absolute atomic E-state index is 0.0905. The summed E-state index contributed by atoms with van der Waals surface area (Å²) in [4.78, 5) is 12.1. The molecule has 0 spiro atoms. The van der Waals surface area contributed by atoms with Crippen molar-refractivity contribution >= 4 is 5.78 Å². The fourth-order valence-electron chi connectivity index (χ4n) is 1.92. The van der Waals surface area contributed by atoms with Crippen LogP contribution < -0.4 is 0 Å². The second kappa shape index (κ2) is 5.27. The van der Waals surface area contributed by atoms with Gasteiger partial charge in [0.1, 0.15) is 11.6 Å². The number of halogens is 5. The summed E-state index contributed by atoms with van der Waals surface area (Å²) in [5, 5.41) is 0. The maximum absolute atomic E-state index is 13.2. The first-order valence-electron chi connectivity index (χ1n) is 5.87. The molecule has 0 bridgehead atoms. The predicted octanol–water partition coefficient (Wildman–Crippen LogP) is 4.52. The molecule has 0 heterocycles. The highest BCUT2D eigenvalue weighted by Crippen LogP contribution is 2.32. The van der Waals surface area contributed by atoms with E-state index in [2.05, 4.69) is 0 Å². The highest BCUT2D eigenvalue weighted by Gasteiger charge is 2.34. The van der Waals surface area contributed by atoms with Gasteiger partial charge in [-0.25, -0.2) is 8.78 Å². The molecular formula is C15H9F5O. The molecule has 110 valence electrons. The summed E-state index contributed by atoms with van der Waals surface area (Å²) in [6, 6.07) is 5.39. The lowest BCUT2D eigenvalue weighted by Gasteiger charge is -2.10. The Hall–Kier alpha value is -2.24. The Morgan fingerprint density at radius 2 is 1.62 bits per heavy atom. The lowest BCUT2D eigenvalue weighted by molar-refractivity contribution is -0.140. The van der Waals surface area contributed by atoms with Gasteiger partial charge >= 0.3 is 6.18 Å². The molecule has 0 aliphatic rings. The van der Waals surface area contributed by atoms with E-state index in [9.17, 15) is 26.7 Å². The molecule has 0 aliphatic carbocycles. The van der Waals surface area contributed by atoms with Crippen molar-refractivity contribution in [1.82, 2.24) is 0 Å². The molecule has 0 fully saturated rings. The number of carbonyl (C=O) groups excluding carboxylic acids is 1. The van der Waals surface area contributed by atoms with Gasteiger partial charge in [0, 0.05) is 11.1 Å². The average molecular weight is 300 g/mol. The first-order valence-corrected chi connectivity index (χ1v) is 5.87. The van der Waals surface area contributed by atoms with Crippen LogP contribution in [0.3, 0.4) is 0 Å². The molecule has 0 atom stereocenters. The standard InChI is InChI=1S/C15H9F5O/c1-8-4-10(6-11(16)5-8)14(21)9-2-3-13(17)12(7-9)15(18,19)20/h2-7H,1H3. The highest BCUT2D eigenvalue weighted by atomic mass is 19.4. The summed E-state index contributed by atoms with van der Waals surface area (Å²) in [5.74, 6) is -2.94. The molecule has 0 radical (unpaired) electrons. The van der Waals surface area contributed by atoms with Crippen LogP contribution in [0.15, 0.2) is 36.4 Å². The molecule has 0 aliphatic heterocycles. The van der Waals surface area contributed by atoms with Crippen molar-refractivity contribution in [3.8, 4) is 0 Å². The smallest absolute Gasteiger partial charge is 0.289 e. The summed E-state index contributed by atoms with van der Waals surface area (Å²) < 4.78 is 64.2. The Morgan fingerprint density at radius 3 is 2.19 bits per heavy atom. The van der Waals surface area contributed by atoms with Gasteiger partial charge < -0.3 is 0 Å². The summed E-state index contributed by atoms with van der Waals surface area (Å²) in [5.41, 5.74) is -1.51. The molecule has 0 saturated heterocycles. The fraction of sp³-hybridized carbons (Fsp3) is 0.133. The quantitative estimate of drug-likeness (QED) is 0.588. The molecule has 21 heavy (non-hydrogen) atoms. The van der Waals surface area contributed by atoms with Crippen molar-refractivity contribution < 1.29 is 26.7 Å². The number of alkyl halides is 3. The van der Waals surface area contributed by atoms with Crippen LogP contribution in [-0.2, 0) is 6.18 Å². The number of hydrogen-bond acceptors (Lipinski definition) is 1. The van der Waals surface area contributed by atoms with Crippen molar-refractivity contribution in [2.24, 2.45) is 0 Å². The van der Waals surface area contributed by atoms with Crippen LogP contribution in [0.2, 0.25) is 0 Å². The SMILES string of the molecule is Cc1cc(F)cc(C(=O)c2ccc(F)c(C(F)(F)F)c2)c1. The van der Waals surface area contributed by atoms with Gasteiger partial charge in [0.25, 0.3) is 0 Å². The molecule has 0 amide bonds. The normalized spacial score (nSPS) is 11.5.